The molecule has 0 aliphatic rings. The van der Waals surface area contributed by atoms with Crippen LogP contribution in [0.2, 0.25) is 0 Å². The van der Waals surface area contributed by atoms with Crippen LogP contribution in [0.25, 0.3) is 10.9 Å². The van der Waals surface area contributed by atoms with Gasteiger partial charge in [-0.05, 0) is 25.1 Å². The smallest absolute Gasteiger partial charge is 0.362 e. The molecular weight excluding hydrogens is 288 g/mol. The van der Waals surface area contributed by atoms with Gasteiger partial charge in [-0.2, -0.15) is 5.10 Å². The highest BCUT2D eigenvalue weighted by atomic mass is 79.9. The first-order valence-electron chi connectivity index (χ1n) is 4.98. The van der Waals surface area contributed by atoms with Crippen molar-refractivity contribution in [2.45, 2.75) is 6.92 Å². The van der Waals surface area contributed by atoms with Crippen molar-refractivity contribution < 1.29 is 9.53 Å². The van der Waals surface area contributed by atoms with E-state index in [1.54, 1.807) is 25.1 Å². The van der Waals surface area contributed by atoms with Gasteiger partial charge in [0.2, 0.25) is 11.1 Å². The van der Waals surface area contributed by atoms with Crippen molar-refractivity contribution in [2.75, 3.05) is 6.61 Å². The van der Waals surface area contributed by atoms with Gasteiger partial charge in [0.05, 0.1) is 12.1 Å². The molecule has 6 heteroatoms. The second-order valence-electron chi connectivity index (χ2n) is 3.31. The van der Waals surface area contributed by atoms with Gasteiger partial charge in [0.15, 0.2) is 0 Å². The molecule has 0 amide bonds. The molecule has 0 fully saturated rings. The van der Waals surface area contributed by atoms with E-state index in [4.69, 9.17) is 4.74 Å². The Labute approximate surface area is 105 Å². The van der Waals surface area contributed by atoms with Crippen LogP contribution >= 0.6 is 15.9 Å². The van der Waals surface area contributed by atoms with Gasteiger partial charge in [-0.25, -0.2) is 4.79 Å². The molecule has 0 unspecified atom stereocenters. The number of ether oxygens (including phenoxy) is 1. The number of fused-ring (bicyclic) bond motifs is 1. The largest absolute Gasteiger partial charge is 0.461 e. The Bertz CT molecular complexity index is 636. The van der Waals surface area contributed by atoms with E-state index in [2.05, 4.69) is 26.1 Å². The summed E-state index contributed by atoms with van der Waals surface area (Å²) in [5.74, 6) is -0.710. The predicted molar refractivity (Wildman–Crippen MR) is 66.0 cm³/mol. The summed E-state index contributed by atoms with van der Waals surface area (Å²) in [6.07, 6.45) is 0. The van der Waals surface area contributed by atoms with E-state index in [1.807, 2.05) is 0 Å². The van der Waals surface area contributed by atoms with Gasteiger partial charge >= 0.3 is 5.97 Å². The van der Waals surface area contributed by atoms with Gasteiger partial charge in [-0.15, -0.1) is 0 Å². The third-order valence-corrected chi connectivity index (χ3v) is 2.69. The molecule has 1 aromatic heterocycles. The molecular formula is C11H9BrN2O3. The maximum absolute atomic E-state index is 12.0. The molecule has 1 N–H and O–H groups in total. The third-order valence-electron chi connectivity index (χ3n) is 2.20. The molecule has 0 bridgehead atoms. The fourth-order valence-corrected chi connectivity index (χ4v) is 1.80. The number of carbonyl (C=O) groups excluding carboxylic acids is 1. The van der Waals surface area contributed by atoms with Crippen LogP contribution in [-0.2, 0) is 4.74 Å². The van der Waals surface area contributed by atoms with Crippen LogP contribution in [0.4, 0.5) is 0 Å². The summed E-state index contributed by atoms with van der Waals surface area (Å²) < 4.78 is 5.58. The standard InChI is InChI=1S/C11H9BrN2O3/c1-2-17-11(16)9-10(15)7-4-3-6(12)5-8(7)13-14-9/h3-5H,2H2,1H3,(H,13,15). The number of nitrogens with one attached hydrogen (secondary N) is 1. The Balaban J connectivity index is 2.62. The number of benzene rings is 1. The lowest BCUT2D eigenvalue weighted by atomic mass is 10.2. The van der Waals surface area contributed by atoms with E-state index in [1.165, 1.54) is 0 Å². The number of aromatic amines is 1. The van der Waals surface area contributed by atoms with E-state index in [0.717, 1.165) is 4.47 Å². The Morgan fingerprint density at radius 1 is 1.53 bits per heavy atom. The molecule has 88 valence electrons. The van der Waals surface area contributed by atoms with Crippen LogP contribution in [0.3, 0.4) is 0 Å². The van der Waals surface area contributed by atoms with E-state index >= 15 is 0 Å². The zero-order valence-corrected chi connectivity index (χ0v) is 10.6. The monoisotopic (exact) mass is 296 g/mol. The maximum Gasteiger partial charge on any atom is 0.362 e. The van der Waals surface area contributed by atoms with Gasteiger partial charge in [-0.1, -0.05) is 15.9 Å². The number of nitrogens with zero attached hydrogens (tertiary/aromatic N) is 1. The topological polar surface area (TPSA) is 72.0 Å². The average Bonchev–Trinajstić information content (AvgIpc) is 2.29. The Kier molecular flexibility index (Phi) is 3.23. The molecule has 5 nitrogen and oxygen atoms in total. The lowest BCUT2D eigenvalue weighted by Gasteiger charge is -2.02. The van der Waals surface area contributed by atoms with Crippen molar-refractivity contribution in [3.63, 3.8) is 0 Å². The highest BCUT2D eigenvalue weighted by molar-refractivity contribution is 9.10. The minimum absolute atomic E-state index is 0.207. The van der Waals surface area contributed by atoms with Crippen molar-refractivity contribution in [3.05, 3.63) is 38.6 Å². The normalized spacial score (nSPS) is 10.5. The third kappa shape index (κ3) is 2.21. The summed E-state index contributed by atoms with van der Waals surface area (Å²) in [7, 11) is 0. The molecule has 0 aliphatic carbocycles. The molecule has 1 heterocycles. The van der Waals surface area contributed by atoms with Crippen molar-refractivity contribution in [1.82, 2.24) is 10.2 Å². The van der Waals surface area contributed by atoms with E-state index in [-0.39, 0.29) is 12.3 Å². The van der Waals surface area contributed by atoms with Crippen LogP contribution in [0.15, 0.2) is 27.5 Å². The number of carbonyl (C=O) groups is 1. The van der Waals surface area contributed by atoms with Gasteiger partial charge in [0.25, 0.3) is 0 Å². The van der Waals surface area contributed by atoms with Gasteiger partial charge in [0.1, 0.15) is 0 Å². The Hall–Kier alpha value is -1.69. The fraction of sp³-hybridized carbons (Fsp3) is 0.182. The van der Waals surface area contributed by atoms with Crippen LogP contribution in [0, 0.1) is 0 Å². The van der Waals surface area contributed by atoms with E-state index in [9.17, 15) is 9.59 Å². The summed E-state index contributed by atoms with van der Waals surface area (Å²) in [5, 5.41) is 6.80. The molecule has 0 radical (unpaired) electrons. The SMILES string of the molecule is CCOC(=O)c1n[nH]c2cc(Br)ccc2c1=O. The minimum atomic E-state index is -0.710. The van der Waals surface area contributed by atoms with Gasteiger partial charge in [0, 0.05) is 9.86 Å². The van der Waals surface area contributed by atoms with E-state index < -0.39 is 11.4 Å². The average molecular weight is 297 g/mol. The highest BCUT2D eigenvalue weighted by Gasteiger charge is 2.15. The molecule has 0 atom stereocenters. The van der Waals surface area contributed by atoms with Crippen LogP contribution in [0.5, 0.6) is 0 Å². The second kappa shape index (κ2) is 4.67. The summed E-state index contributed by atoms with van der Waals surface area (Å²) in [4.78, 5) is 23.4. The number of hydrogen-bond acceptors (Lipinski definition) is 4. The molecule has 2 aromatic rings. The molecule has 1 aromatic carbocycles. The van der Waals surface area contributed by atoms with Gasteiger partial charge in [-0.3, -0.25) is 9.89 Å². The summed E-state index contributed by atoms with van der Waals surface area (Å²) in [6, 6.07) is 5.08. The van der Waals surface area contributed by atoms with Crippen molar-refractivity contribution >= 4 is 32.8 Å². The Morgan fingerprint density at radius 2 is 2.29 bits per heavy atom. The Morgan fingerprint density at radius 3 is 3.00 bits per heavy atom. The first-order chi connectivity index (χ1) is 8.13. The first kappa shape index (κ1) is 11.8. The second-order valence-corrected chi connectivity index (χ2v) is 4.23. The van der Waals surface area contributed by atoms with Crippen LogP contribution in [0.1, 0.15) is 17.4 Å². The van der Waals surface area contributed by atoms with E-state index in [0.29, 0.717) is 10.9 Å². The first-order valence-corrected chi connectivity index (χ1v) is 5.78. The predicted octanol–water partition coefficient (Wildman–Crippen LogP) is 1.86. The highest BCUT2D eigenvalue weighted by Crippen LogP contribution is 2.15. The molecule has 0 saturated heterocycles. The van der Waals surface area contributed by atoms with Crippen LogP contribution < -0.4 is 5.43 Å². The molecule has 0 aliphatic heterocycles. The summed E-state index contributed by atoms with van der Waals surface area (Å²) in [6.45, 7) is 1.88. The molecule has 0 saturated carbocycles. The number of halogens is 1. The lowest BCUT2D eigenvalue weighted by Crippen LogP contribution is -2.20. The van der Waals surface area contributed by atoms with Crippen molar-refractivity contribution in [3.8, 4) is 0 Å². The molecule has 2 rings (SSSR count). The molecule has 17 heavy (non-hydrogen) atoms. The fourth-order valence-electron chi connectivity index (χ4n) is 1.44. The number of H-pyrrole nitrogens is 1. The van der Waals surface area contributed by atoms with Crippen LogP contribution in [-0.4, -0.2) is 22.8 Å². The summed E-state index contributed by atoms with van der Waals surface area (Å²) >= 11 is 3.29. The zero-order chi connectivity index (χ0) is 12.4. The summed E-state index contributed by atoms with van der Waals surface area (Å²) in [5.41, 5.74) is -0.0798. The van der Waals surface area contributed by atoms with Crippen molar-refractivity contribution in [2.24, 2.45) is 0 Å². The molecule has 0 spiro atoms. The number of rotatable bonds is 2. The minimum Gasteiger partial charge on any atom is -0.461 e. The number of hydrogen-bond donors (Lipinski definition) is 1. The lowest BCUT2D eigenvalue weighted by molar-refractivity contribution is 0.0517. The van der Waals surface area contributed by atoms with Gasteiger partial charge < -0.3 is 4.74 Å². The zero-order valence-electron chi connectivity index (χ0n) is 8.99. The maximum atomic E-state index is 12.0. The quantitative estimate of drug-likeness (QED) is 0.859. The number of esters is 1. The number of aromatic nitrogens is 2. The van der Waals surface area contributed by atoms with Crippen molar-refractivity contribution in [1.29, 1.82) is 0 Å².